The molecule has 0 aliphatic rings. The highest BCUT2D eigenvalue weighted by Gasteiger charge is 2.12. The van der Waals surface area contributed by atoms with E-state index in [2.05, 4.69) is 21.0 Å². The molecule has 0 unspecified atom stereocenters. The van der Waals surface area contributed by atoms with Gasteiger partial charge >= 0.3 is 0 Å². The maximum Gasteiger partial charge on any atom is 0.0907 e. The molecule has 0 rings (SSSR count). The van der Waals surface area contributed by atoms with Gasteiger partial charge in [-0.3, -0.25) is 0 Å². The predicted octanol–water partition coefficient (Wildman–Crippen LogP) is 5.50. The first-order valence-electron chi connectivity index (χ1n) is 10.1. The molecule has 2 nitrogen and oxygen atoms in total. The van der Waals surface area contributed by atoms with E-state index in [1.807, 2.05) is 0 Å². The summed E-state index contributed by atoms with van der Waals surface area (Å²) in [6.45, 7) is 5.50. The Kier molecular flexibility index (Phi) is 15.7. The van der Waals surface area contributed by atoms with Gasteiger partial charge in [0.15, 0.2) is 0 Å². The number of quaternary nitrogens is 1. The van der Waals surface area contributed by atoms with Crippen LogP contribution in [0.15, 0.2) is 0 Å². The van der Waals surface area contributed by atoms with Gasteiger partial charge < -0.3 is 10.2 Å². The Labute approximate surface area is 141 Å². The van der Waals surface area contributed by atoms with Crippen LogP contribution in [0.25, 0.3) is 0 Å². The number of unbranched alkanes of at least 4 members (excludes halogenated alkanes) is 13. The normalized spacial score (nSPS) is 12.0. The summed E-state index contributed by atoms with van der Waals surface area (Å²) in [6, 6.07) is 0. The second-order valence-corrected chi connectivity index (χ2v) is 7.77. The smallest absolute Gasteiger partial charge is 0.0907 e. The van der Waals surface area contributed by atoms with Crippen LogP contribution in [-0.4, -0.2) is 38.2 Å². The molecule has 0 aliphatic carbocycles. The lowest BCUT2D eigenvalue weighted by Gasteiger charge is -2.29. The van der Waals surface area contributed by atoms with Gasteiger partial charge in [0, 0.05) is 6.54 Å². The average Bonchev–Trinajstić information content (AvgIpc) is 2.47. The molecule has 0 saturated heterocycles. The molecule has 2 N–H and O–H groups in total. The Balaban J connectivity index is 3.11. The molecule has 0 aromatic rings. The van der Waals surface area contributed by atoms with Crippen molar-refractivity contribution in [1.29, 1.82) is 0 Å². The summed E-state index contributed by atoms with van der Waals surface area (Å²) < 4.78 is 1.09. The largest absolute Gasteiger partial charge is 0.327 e. The van der Waals surface area contributed by atoms with Gasteiger partial charge in [0.1, 0.15) is 0 Å². The van der Waals surface area contributed by atoms with Crippen LogP contribution in [0, 0.1) is 0 Å². The summed E-state index contributed by atoms with van der Waals surface area (Å²) >= 11 is 0. The van der Waals surface area contributed by atoms with E-state index in [4.69, 9.17) is 5.73 Å². The van der Waals surface area contributed by atoms with E-state index in [9.17, 15) is 0 Å². The van der Waals surface area contributed by atoms with Crippen molar-refractivity contribution >= 4 is 0 Å². The van der Waals surface area contributed by atoms with E-state index in [1.165, 1.54) is 96.4 Å². The summed E-state index contributed by atoms with van der Waals surface area (Å²) in [5.41, 5.74) is 5.65. The Morgan fingerprint density at radius 3 is 1.27 bits per heavy atom. The van der Waals surface area contributed by atoms with E-state index in [-0.39, 0.29) is 0 Å². The van der Waals surface area contributed by atoms with Crippen molar-refractivity contribution in [2.75, 3.05) is 33.7 Å². The maximum atomic E-state index is 5.65. The lowest BCUT2D eigenvalue weighted by atomic mass is 10.0. The standard InChI is InChI=1S/C20H45N2/c1-4-5-6-7-8-9-10-11-12-13-14-15-16-17-19-22(2,3)20-18-21/h4-21H2,1-3H3/q+1. The number of likely N-dealkylation sites (N-methyl/N-ethyl adjacent to an activating group) is 1. The molecule has 0 heterocycles. The molecule has 2 heteroatoms. The molecule has 0 aromatic carbocycles. The molecule has 0 atom stereocenters. The van der Waals surface area contributed by atoms with Crippen LogP contribution in [0.4, 0.5) is 0 Å². The first-order chi connectivity index (χ1) is 10.6. The fraction of sp³-hybridized carbons (Fsp3) is 1.00. The first-order valence-corrected chi connectivity index (χ1v) is 10.1. The second kappa shape index (κ2) is 15.8. The monoisotopic (exact) mass is 313 g/mol. The fourth-order valence-electron chi connectivity index (χ4n) is 3.20. The van der Waals surface area contributed by atoms with Crippen molar-refractivity contribution in [3.63, 3.8) is 0 Å². The van der Waals surface area contributed by atoms with Crippen molar-refractivity contribution in [3.8, 4) is 0 Å². The number of rotatable bonds is 17. The quantitative estimate of drug-likeness (QED) is 0.278. The number of hydrogen-bond acceptors (Lipinski definition) is 1. The van der Waals surface area contributed by atoms with E-state index >= 15 is 0 Å². The van der Waals surface area contributed by atoms with Gasteiger partial charge in [-0.05, 0) is 12.8 Å². The van der Waals surface area contributed by atoms with Crippen LogP contribution < -0.4 is 5.73 Å². The summed E-state index contributed by atoms with van der Waals surface area (Å²) in [6.07, 6.45) is 20.2. The van der Waals surface area contributed by atoms with Crippen molar-refractivity contribution in [2.24, 2.45) is 5.73 Å². The van der Waals surface area contributed by atoms with Crippen molar-refractivity contribution in [1.82, 2.24) is 0 Å². The fourth-order valence-corrected chi connectivity index (χ4v) is 3.20. The molecule has 0 aliphatic heterocycles. The third-order valence-electron chi connectivity index (χ3n) is 4.85. The lowest BCUT2D eigenvalue weighted by Crippen LogP contribution is -2.44. The minimum atomic E-state index is 0.811. The molecule has 0 spiro atoms. The zero-order valence-corrected chi connectivity index (χ0v) is 16.0. The summed E-state index contributed by atoms with van der Waals surface area (Å²) in [4.78, 5) is 0. The van der Waals surface area contributed by atoms with Crippen LogP contribution in [0.2, 0.25) is 0 Å². The molecular weight excluding hydrogens is 268 g/mol. The lowest BCUT2D eigenvalue weighted by molar-refractivity contribution is -0.889. The van der Waals surface area contributed by atoms with Crippen LogP contribution in [0.3, 0.4) is 0 Å². The first kappa shape index (κ1) is 21.9. The minimum Gasteiger partial charge on any atom is -0.327 e. The Morgan fingerprint density at radius 2 is 0.909 bits per heavy atom. The van der Waals surface area contributed by atoms with Gasteiger partial charge in [-0.2, -0.15) is 0 Å². The van der Waals surface area contributed by atoms with Crippen molar-refractivity contribution < 1.29 is 4.48 Å². The highest BCUT2D eigenvalue weighted by Crippen LogP contribution is 2.13. The van der Waals surface area contributed by atoms with Crippen molar-refractivity contribution in [3.05, 3.63) is 0 Å². The molecule has 22 heavy (non-hydrogen) atoms. The van der Waals surface area contributed by atoms with Crippen LogP contribution in [0.1, 0.15) is 96.8 Å². The van der Waals surface area contributed by atoms with E-state index in [1.54, 1.807) is 0 Å². The van der Waals surface area contributed by atoms with Gasteiger partial charge in [0.25, 0.3) is 0 Å². The number of hydrogen-bond donors (Lipinski definition) is 1. The Morgan fingerprint density at radius 1 is 0.545 bits per heavy atom. The third kappa shape index (κ3) is 16.3. The molecule has 0 bridgehead atoms. The maximum absolute atomic E-state index is 5.65. The molecule has 0 saturated carbocycles. The van der Waals surface area contributed by atoms with Gasteiger partial charge in [-0.1, -0.05) is 84.0 Å². The molecule has 134 valence electrons. The number of nitrogens with zero attached hydrogens (tertiary/aromatic N) is 1. The van der Waals surface area contributed by atoms with E-state index in [0.29, 0.717) is 0 Å². The molecule has 0 amide bonds. The molecule has 0 fully saturated rings. The average molecular weight is 314 g/mol. The van der Waals surface area contributed by atoms with Gasteiger partial charge in [0.2, 0.25) is 0 Å². The van der Waals surface area contributed by atoms with Gasteiger partial charge in [0.05, 0.1) is 27.2 Å². The second-order valence-electron chi connectivity index (χ2n) is 7.77. The molecule has 0 radical (unpaired) electrons. The Hall–Kier alpha value is -0.0800. The molecular formula is C20H45N2+. The molecule has 0 aromatic heterocycles. The topological polar surface area (TPSA) is 26.0 Å². The van der Waals surface area contributed by atoms with Gasteiger partial charge in [-0.25, -0.2) is 0 Å². The van der Waals surface area contributed by atoms with Crippen LogP contribution in [-0.2, 0) is 0 Å². The summed E-state index contributed by atoms with van der Waals surface area (Å²) in [5.74, 6) is 0. The van der Waals surface area contributed by atoms with Crippen LogP contribution >= 0.6 is 0 Å². The zero-order valence-electron chi connectivity index (χ0n) is 16.0. The van der Waals surface area contributed by atoms with Gasteiger partial charge in [-0.15, -0.1) is 0 Å². The predicted molar refractivity (Wildman–Crippen MR) is 101 cm³/mol. The summed E-state index contributed by atoms with van der Waals surface area (Å²) in [5, 5.41) is 0. The Bertz CT molecular complexity index is 214. The highest BCUT2D eigenvalue weighted by molar-refractivity contribution is 4.49. The highest BCUT2D eigenvalue weighted by atomic mass is 15.3. The minimum absolute atomic E-state index is 0.811. The zero-order chi connectivity index (χ0) is 16.5. The third-order valence-corrected chi connectivity index (χ3v) is 4.85. The summed E-state index contributed by atoms with van der Waals surface area (Å²) in [7, 11) is 4.60. The SMILES string of the molecule is CCCCCCCCCCCCCCCC[N+](C)(C)CCN. The van der Waals surface area contributed by atoms with E-state index in [0.717, 1.165) is 17.6 Å². The van der Waals surface area contributed by atoms with Crippen LogP contribution in [0.5, 0.6) is 0 Å². The van der Waals surface area contributed by atoms with E-state index < -0.39 is 0 Å². The van der Waals surface area contributed by atoms with Crippen molar-refractivity contribution in [2.45, 2.75) is 96.8 Å². The number of nitrogens with two attached hydrogens (primary N) is 1.